The standard InChI is InChI=1S/C22H23ClNO7P/c1-24-7-6-14(18(27)10-24)21-16(25)8-12(11-32(28,29)30)20-17(26)9-19(31-22(20)21)13-4-2-3-5-15(13)23/h2-5,8-9,14,18,25,27H,6-7,10-11H2,1H3,(H2,28,29,30)/t14-,18+/m0/s1. The Kier molecular flexibility index (Phi) is 6.20. The van der Waals surface area contributed by atoms with E-state index in [1.807, 2.05) is 11.9 Å². The molecule has 4 N–H and O–H groups in total. The number of β-amino-alcohol motifs (C(OH)–C–C–N with tert-alkyl or cyclic N) is 1. The topological polar surface area (TPSA) is 131 Å². The smallest absolute Gasteiger partial charge is 0.329 e. The first-order chi connectivity index (χ1) is 15.0. The minimum absolute atomic E-state index is 0.00414. The molecular weight excluding hydrogens is 457 g/mol. The van der Waals surface area contributed by atoms with Crippen molar-refractivity contribution in [3.05, 3.63) is 62.8 Å². The number of aliphatic hydroxyl groups is 1. The molecule has 0 aliphatic carbocycles. The number of halogens is 1. The number of benzene rings is 2. The van der Waals surface area contributed by atoms with E-state index in [0.717, 1.165) is 0 Å². The molecule has 0 radical (unpaired) electrons. The number of likely N-dealkylation sites (tertiary alicyclic amines) is 1. The maximum absolute atomic E-state index is 13.2. The Labute approximate surface area is 188 Å². The molecule has 1 aliphatic rings. The zero-order valence-electron chi connectivity index (χ0n) is 17.2. The minimum Gasteiger partial charge on any atom is -0.508 e. The average Bonchev–Trinajstić information content (AvgIpc) is 2.68. The second kappa shape index (κ2) is 8.63. The van der Waals surface area contributed by atoms with Crippen LogP contribution in [0.4, 0.5) is 0 Å². The lowest BCUT2D eigenvalue weighted by molar-refractivity contribution is 0.0631. The van der Waals surface area contributed by atoms with Crippen LogP contribution in [0.1, 0.15) is 23.5 Å². The molecule has 3 aromatic rings. The van der Waals surface area contributed by atoms with E-state index in [1.165, 1.54) is 12.1 Å². The van der Waals surface area contributed by atoms with Crippen LogP contribution >= 0.6 is 19.2 Å². The van der Waals surface area contributed by atoms with Gasteiger partial charge in [0.2, 0.25) is 0 Å². The van der Waals surface area contributed by atoms with Gasteiger partial charge in [0.05, 0.1) is 22.7 Å². The van der Waals surface area contributed by atoms with Crippen molar-refractivity contribution < 1.29 is 29.0 Å². The van der Waals surface area contributed by atoms with Crippen molar-refractivity contribution in [1.82, 2.24) is 4.90 Å². The van der Waals surface area contributed by atoms with Crippen LogP contribution < -0.4 is 5.43 Å². The highest BCUT2D eigenvalue weighted by Crippen LogP contribution is 2.45. The van der Waals surface area contributed by atoms with Gasteiger partial charge in [-0.1, -0.05) is 23.7 Å². The van der Waals surface area contributed by atoms with Gasteiger partial charge in [-0.25, -0.2) is 0 Å². The van der Waals surface area contributed by atoms with Crippen molar-refractivity contribution in [3.63, 3.8) is 0 Å². The Bertz CT molecular complexity index is 1290. The zero-order chi connectivity index (χ0) is 23.2. The fourth-order valence-corrected chi connectivity index (χ4v) is 5.27. The summed E-state index contributed by atoms with van der Waals surface area (Å²) in [7, 11) is -2.67. The van der Waals surface area contributed by atoms with E-state index >= 15 is 0 Å². The summed E-state index contributed by atoms with van der Waals surface area (Å²) in [5.74, 6) is -0.652. The highest BCUT2D eigenvalue weighted by atomic mass is 35.5. The predicted molar refractivity (Wildman–Crippen MR) is 121 cm³/mol. The van der Waals surface area contributed by atoms with Crippen LogP contribution in [0.25, 0.3) is 22.3 Å². The minimum atomic E-state index is -4.55. The van der Waals surface area contributed by atoms with Crippen molar-refractivity contribution in [2.75, 3.05) is 20.1 Å². The Hall–Kier alpha value is -2.19. The van der Waals surface area contributed by atoms with Gasteiger partial charge in [-0.3, -0.25) is 9.36 Å². The van der Waals surface area contributed by atoms with Gasteiger partial charge in [-0.2, -0.15) is 0 Å². The van der Waals surface area contributed by atoms with E-state index in [-0.39, 0.29) is 33.6 Å². The molecule has 1 saturated heterocycles. The molecule has 1 fully saturated rings. The maximum atomic E-state index is 13.2. The molecule has 0 unspecified atom stereocenters. The SMILES string of the molecule is CN1CC[C@H](c2c(O)cc(CP(=O)(O)O)c3c(=O)cc(-c4ccccc4Cl)oc23)[C@H](O)C1. The fraction of sp³-hybridized carbons (Fsp3) is 0.318. The molecule has 0 amide bonds. The summed E-state index contributed by atoms with van der Waals surface area (Å²) >= 11 is 6.28. The van der Waals surface area contributed by atoms with Gasteiger partial charge < -0.3 is 29.3 Å². The molecule has 10 heteroatoms. The Balaban J connectivity index is 2.03. The number of fused-ring (bicyclic) bond motifs is 1. The second-order valence-corrected chi connectivity index (χ2v) is 10.2. The number of nitrogens with zero attached hydrogens (tertiary/aromatic N) is 1. The van der Waals surface area contributed by atoms with Gasteiger partial charge in [0.1, 0.15) is 17.1 Å². The van der Waals surface area contributed by atoms with Crippen LogP contribution in [0.15, 0.2) is 45.6 Å². The van der Waals surface area contributed by atoms with Gasteiger partial charge in [0.15, 0.2) is 5.43 Å². The lowest BCUT2D eigenvalue weighted by Gasteiger charge is -2.34. The van der Waals surface area contributed by atoms with Crippen LogP contribution in [-0.2, 0) is 10.7 Å². The summed E-state index contributed by atoms with van der Waals surface area (Å²) in [5, 5.41) is 21.9. The molecule has 8 nitrogen and oxygen atoms in total. The molecule has 1 aromatic heterocycles. The average molecular weight is 480 g/mol. The van der Waals surface area contributed by atoms with Crippen molar-refractivity contribution in [2.24, 2.45) is 0 Å². The van der Waals surface area contributed by atoms with E-state index in [9.17, 15) is 29.4 Å². The van der Waals surface area contributed by atoms with Gasteiger partial charge in [-0.15, -0.1) is 0 Å². The predicted octanol–water partition coefficient (Wildman–Crippen LogP) is 3.28. The van der Waals surface area contributed by atoms with Crippen molar-refractivity contribution in [1.29, 1.82) is 0 Å². The molecule has 0 bridgehead atoms. The summed E-state index contributed by atoms with van der Waals surface area (Å²) in [4.78, 5) is 34.1. The number of aromatic hydroxyl groups is 1. The molecule has 0 spiro atoms. The molecule has 2 atom stereocenters. The number of hydrogen-bond acceptors (Lipinski definition) is 6. The normalized spacial score (nSPS) is 20.0. The van der Waals surface area contributed by atoms with Crippen LogP contribution in [0.5, 0.6) is 5.75 Å². The number of hydrogen-bond donors (Lipinski definition) is 4. The number of phenols is 1. The van der Waals surface area contributed by atoms with Gasteiger partial charge in [0, 0.05) is 29.7 Å². The van der Waals surface area contributed by atoms with E-state index < -0.39 is 31.2 Å². The van der Waals surface area contributed by atoms with Crippen LogP contribution in [-0.4, -0.2) is 51.1 Å². The molecule has 2 aromatic carbocycles. The second-order valence-electron chi connectivity index (χ2n) is 8.17. The third kappa shape index (κ3) is 4.48. The first kappa shape index (κ1) is 23.0. The van der Waals surface area contributed by atoms with Gasteiger partial charge in [-0.05, 0) is 43.8 Å². The van der Waals surface area contributed by atoms with E-state index in [1.54, 1.807) is 24.3 Å². The quantitative estimate of drug-likeness (QED) is 0.419. The van der Waals surface area contributed by atoms with Crippen LogP contribution in [0.2, 0.25) is 5.02 Å². The highest BCUT2D eigenvalue weighted by molar-refractivity contribution is 7.50. The number of rotatable bonds is 4. The maximum Gasteiger partial charge on any atom is 0.329 e. The fourth-order valence-electron chi connectivity index (χ4n) is 4.34. The van der Waals surface area contributed by atoms with Gasteiger partial charge in [0.25, 0.3) is 0 Å². The van der Waals surface area contributed by atoms with E-state index in [4.69, 9.17) is 16.0 Å². The third-order valence-corrected chi connectivity index (χ3v) is 6.85. The summed E-state index contributed by atoms with van der Waals surface area (Å²) in [6, 6.07) is 9.19. The highest BCUT2D eigenvalue weighted by Gasteiger charge is 2.33. The molecule has 0 saturated carbocycles. The van der Waals surface area contributed by atoms with Crippen LogP contribution in [0, 0.1) is 0 Å². The van der Waals surface area contributed by atoms with Crippen LogP contribution in [0.3, 0.4) is 0 Å². The Morgan fingerprint density at radius 2 is 1.97 bits per heavy atom. The molecule has 32 heavy (non-hydrogen) atoms. The van der Waals surface area contributed by atoms with E-state index in [2.05, 4.69) is 0 Å². The van der Waals surface area contributed by atoms with E-state index in [0.29, 0.717) is 30.1 Å². The number of likely N-dealkylation sites (N-methyl/N-ethyl adjacent to an activating group) is 1. The number of piperidine rings is 1. The molecular formula is C22H23ClNO7P. The summed E-state index contributed by atoms with van der Waals surface area (Å²) in [6.45, 7) is 1.02. The largest absolute Gasteiger partial charge is 0.508 e. The Morgan fingerprint density at radius 1 is 1.25 bits per heavy atom. The lowest BCUT2D eigenvalue weighted by Crippen LogP contribution is -2.40. The monoisotopic (exact) mass is 479 g/mol. The van der Waals surface area contributed by atoms with Crippen molar-refractivity contribution in [3.8, 4) is 17.1 Å². The lowest BCUT2D eigenvalue weighted by atomic mass is 9.84. The summed E-state index contributed by atoms with van der Waals surface area (Å²) in [6.07, 6.45) is -1.06. The third-order valence-electron chi connectivity index (χ3n) is 5.77. The molecule has 1 aliphatic heterocycles. The Morgan fingerprint density at radius 3 is 2.62 bits per heavy atom. The zero-order valence-corrected chi connectivity index (χ0v) is 18.9. The first-order valence-electron chi connectivity index (χ1n) is 10.0. The van der Waals surface area contributed by atoms with Crippen molar-refractivity contribution >= 4 is 30.2 Å². The molecule has 4 rings (SSSR count). The summed E-state index contributed by atoms with van der Waals surface area (Å²) in [5.41, 5.74) is 0.179. The summed E-state index contributed by atoms with van der Waals surface area (Å²) < 4.78 is 17.8. The van der Waals surface area contributed by atoms with Crippen molar-refractivity contribution in [2.45, 2.75) is 24.6 Å². The van der Waals surface area contributed by atoms with Gasteiger partial charge >= 0.3 is 7.60 Å². The first-order valence-corrected chi connectivity index (χ1v) is 12.2. The molecule has 170 valence electrons. The molecule has 2 heterocycles. The number of aliphatic hydroxyl groups excluding tert-OH is 1. The number of phenolic OH excluding ortho intramolecular Hbond substituents is 1.